The van der Waals surface area contributed by atoms with Crippen LogP contribution < -0.4 is 5.73 Å². The van der Waals surface area contributed by atoms with Crippen molar-refractivity contribution >= 4 is 11.9 Å². The van der Waals surface area contributed by atoms with Gasteiger partial charge in [0.05, 0.1) is 13.2 Å². The van der Waals surface area contributed by atoms with Gasteiger partial charge in [-0.05, 0) is 20.3 Å². The predicted octanol–water partition coefficient (Wildman–Crippen LogP) is 0.466. The van der Waals surface area contributed by atoms with Gasteiger partial charge in [0.15, 0.2) is 5.92 Å². The van der Waals surface area contributed by atoms with Gasteiger partial charge >= 0.3 is 11.9 Å². The molecule has 0 aromatic heterocycles. The number of ether oxygens (including phenoxy) is 2. The van der Waals surface area contributed by atoms with E-state index in [-0.39, 0.29) is 13.2 Å². The Hall–Kier alpha value is -1.10. The smallest absolute Gasteiger partial charge is 0.321 e. The van der Waals surface area contributed by atoms with Gasteiger partial charge in [-0.3, -0.25) is 9.59 Å². The highest BCUT2D eigenvalue weighted by Gasteiger charge is 2.34. The number of esters is 2. The minimum Gasteiger partial charge on any atom is -0.465 e. The lowest BCUT2D eigenvalue weighted by atomic mass is 9.99. The van der Waals surface area contributed by atoms with Gasteiger partial charge in [-0.2, -0.15) is 0 Å². The maximum Gasteiger partial charge on any atom is 0.321 e. The van der Waals surface area contributed by atoms with Crippen molar-refractivity contribution in [1.82, 2.24) is 0 Å². The van der Waals surface area contributed by atoms with E-state index in [1.54, 1.807) is 20.8 Å². The summed E-state index contributed by atoms with van der Waals surface area (Å²) < 4.78 is 9.55. The Morgan fingerprint density at radius 2 is 1.47 bits per heavy atom. The van der Waals surface area contributed by atoms with Crippen molar-refractivity contribution in [2.75, 3.05) is 13.2 Å². The topological polar surface area (TPSA) is 78.6 Å². The second-order valence-electron chi connectivity index (χ2n) is 3.05. The number of hydrogen-bond donors (Lipinski definition) is 1. The van der Waals surface area contributed by atoms with Crippen LogP contribution in [-0.4, -0.2) is 31.2 Å². The zero-order valence-corrected chi connectivity index (χ0v) is 9.49. The molecule has 0 rings (SSSR count). The van der Waals surface area contributed by atoms with Crippen LogP contribution in [0.1, 0.15) is 27.2 Å². The molecule has 1 atom stereocenters. The average molecular weight is 217 g/mol. The van der Waals surface area contributed by atoms with Crippen LogP contribution in [0.3, 0.4) is 0 Å². The van der Waals surface area contributed by atoms with Crippen LogP contribution in [0.2, 0.25) is 0 Å². The highest BCUT2D eigenvalue weighted by Crippen LogP contribution is 2.10. The molecular weight excluding hydrogens is 198 g/mol. The summed E-state index contributed by atoms with van der Waals surface area (Å²) in [6.07, 6.45) is 0.516. The third-order valence-corrected chi connectivity index (χ3v) is 1.98. The van der Waals surface area contributed by atoms with Crippen LogP contribution in [0.5, 0.6) is 0 Å². The van der Waals surface area contributed by atoms with Gasteiger partial charge in [0, 0.05) is 6.04 Å². The summed E-state index contributed by atoms with van der Waals surface area (Å²) in [5.41, 5.74) is 5.68. The van der Waals surface area contributed by atoms with Gasteiger partial charge in [-0.25, -0.2) is 0 Å². The first kappa shape index (κ1) is 13.9. The summed E-state index contributed by atoms with van der Waals surface area (Å²) >= 11 is 0. The van der Waals surface area contributed by atoms with Crippen molar-refractivity contribution < 1.29 is 19.1 Å². The van der Waals surface area contributed by atoms with Crippen molar-refractivity contribution in [2.45, 2.75) is 33.2 Å². The Kier molecular flexibility index (Phi) is 6.70. The van der Waals surface area contributed by atoms with E-state index >= 15 is 0 Å². The Labute approximate surface area is 89.9 Å². The van der Waals surface area contributed by atoms with E-state index in [0.29, 0.717) is 6.42 Å². The van der Waals surface area contributed by atoms with E-state index in [0.717, 1.165) is 0 Å². The highest BCUT2D eigenvalue weighted by molar-refractivity contribution is 5.95. The number of carbonyl (C=O) groups excluding carboxylic acids is 2. The molecule has 0 saturated carbocycles. The summed E-state index contributed by atoms with van der Waals surface area (Å²) in [7, 11) is 0. The molecule has 0 fully saturated rings. The number of carbonyl (C=O) groups is 2. The molecule has 0 aliphatic rings. The molecule has 0 bridgehead atoms. The quantitative estimate of drug-likeness (QED) is 0.516. The molecule has 0 aliphatic carbocycles. The molecule has 1 unspecified atom stereocenters. The first-order chi connectivity index (χ1) is 7.08. The summed E-state index contributed by atoms with van der Waals surface area (Å²) in [6, 6.07) is -0.553. The molecule has 0 aromatic rings. The van der Waals surface area contributed by atoms with Crippen LogP contribution in [0.25, 0.3) is 0 Å². The first-order valence-corrected chi connectivity index (χ1v) is 5.17. The lowest BCUT2D eigenvalue weighted by Gasteiger charge is -2.19. The zero-order valence-electron chi connectivity index (χ0n) is 9.49. The number of hydrogen-bond acceptors (Lipinski definition) is 5. The van der Waals surface area contributed by atoms with Gasteiger partial charge in [-0.15, -0.1) is 0 Å². The fourth-order valence-corrected chi connectivity index (χ4v) is 1.15. The van der Waals surface area contributed by atoms with Crippen molar-refractivity contribution in [3.63, 3.8) is 0 Å². The second kappa shape index (κ2) is 7.23. The van der Waals surface area contributed by atoms with Gasteiger partial charge in [0.25, 0.3) is 0 Å². The molecule has 0 spiro atoms. The molecule has 15 heavy (non-hydrogen) atoms. The minimum atomic E-state index is -1.00. The van der Waals surface area contributed by atoms with Crippen LogP contribution in [-0.2, 0) is 19.1 Å². The summed E-state index contributed by atoms with van der Waals surface area (Å²) in [5.74, 6) is -2.22. The molecule has 5 nitrogen and oxygen atoms in total. The van der Waals surface area contributed by atoms with Crippen LogP contribution in [0.4, 0.5) is 0 Å². The zero-order chi connectivity index (χ0) is 11.8. The molecule has 5 heteroatoms. The molecule has 0 heterocycles. The van der Waals surface area contributed by atoms with Gasteiger partial charge in [-0.1, -0.05) is 6.92 Å². The third kappa shape index (κ3) is 4.29. The average Bonchev–Trinajstić information content (AvgIpc) is 2.18. The Balaban J connectivity index is 4.56. The largest absolute Gasteiger partial charge is 0.465 e. The Morgan fingerprint density at radius 1 is 1.07 bits per heavy atom. The molecule has 88 valence electrons. The summed E-state index contributed by atoms with van der Waals surface area (Å²) in [4.78, 5) is 22.9. The van der Waals surface area contributed by atoms with Crippen molar-refractivity contribution in [3.05, 3.63) is 0 Å². The van der Waals surface area contributed by atoms with E-state index in [2.05, 4.69) is 0 Å². The fraction of sp³-hybridized carbons (Fsp3) is 0.800. The predicted molar refractivity (Wildman–Crippen MR) is 55.0 cm³/mol. The second-order valence-corrected chi connectivity index (χ2v) is 3.05. The summed E-state index contributed by atoms with van der Waals surface area (Å²) in [6.45, 7) is 5.61. The molecule has 0 aliphatic heterocycles. The first-order valence-electron chi connectivity index (χ1n) is 5.17. The van der Waals surface area contributed by atoms with E-state index < -0.39 is 23.9 Å². The van der Waals surface area contributed by atoms with Crippen molar-refractivity contribution in [1.29, 1.82) is 0 Å². The molecular formula is C10H19NO4. The molecule has 0 aromatic carbocycles. The normalized spacial score (nSPS) is 12.3. The van der Waals surface area contributed by atoms with Gasteiger partial charge in [0.1, 0.15) is 0 Å². The molecule has 0 saturated heterocycles. The molecule has 0 radical (unpaired) electrons. The maximum atomic E-state index is 11.5. The van der Waals surface area contributed by atoms with Crippen molar-refractivity contribution in [2.24, 2.45) is 11.7 Å². The lowest BCUT2D eigenvalue weighted by molar-refractivity contribution is -0.162. The standard InChI is InChI=1S/C10H19NO4/c1-4-7(11)8(9(12)14-5-2)10(13)15-6-3/h7-8H,4-6,11H2,1-3H3. The van der Waals surface area contributed by atoms with Crippen LogP contribution >= 0.6 is 0 Å². The molecule has 0 amide bonds. The maximum absolute atomic E-state index is 11.5. The van der Waals surface area contributed by atoms with E-state index in [1.807, 2.05) is 0 Å². The monoisotopic (exact) mass is 217 g/mol. The minimum absolute atomic E-state index is 0.227. The van der Waals surface area contributed by atoms with Gasteiger partial charge < -0.3 is 15.2 Å². The Morgan fingerprint density at radius 3 is 1.73 bits per heavy atom. The van der Waals surface area contributed by atoms with Gasteiger partial charge in [0.2, 0.25) is 0 Å². The Bertz CT molecular complexity index is 199. The van der Waals surface area contributed by atoms with Crippen molar-refractivity contribution in [3.8, 4) is 0 Å². The SMILES string of the molecule is CCOC(=O)C(C(=O)OCC)C(N)CC. The third-order valence-electron chi connectivity index (χ3n) is 1.98. The fourth-order valence-electron chi connectivity index (χ4n) is 1.15. The van der Waals surface area contributed by atoms with E-state index in [1.165, 1.54) is 0 Å². The highest BCUT2D eigenvalue weighted by atomic mass is 16.6. The summed E-state index contributed by atoms with van der Waals surface area (Å²) in [5, 5.41) is 0. The van der Waals surface area contributed by atoms with Crippen LogP contribution in [0.15, 0.2) is 0 Å². The lowest BCUT2D eigenvalue weighted by Crippen LogP contribution is -2.42. The van der Waals surface area contributed by atoms with E-state index in [4.69, 9.17) is 15.2 Å². The molecule has 2 N–H and O–H groups in total. The van der Waals surface area contributed by atoms with Crippen LogP contribution in [0, 0.1) is 5.92 Å². The number of rotatable bonds is 6. The van der Waals surface area contributed by atoms with E-state index in [9.17, 15) is 9.59 Å². The number of nitrogens with two attached hydrogens (primary N) is 1.